The molecule has 1 unspecified atom stereocenters. The average Bonchev–Trinajstić information content (AvgIpc) is 2.78. The quantitative estimate of drug-likeness (QED) is 0.475. The standard InChI is InChI=1S/C26H36FN3O4S/c1-19(2)17-28-26(32)21(4)29(18-22-11-6-7-13-24(22)27)25(31)14-9-15-30(35(5,33)34)23-12-8-10-20(3)16-23/h6-8,10-13,16,19,21H,9,14-15,17-18H2,1-5H3,(H,28,32). The highest BCUT2D eigenvalue weighted by Gasteiger charge is 2.27. The minimum Gasteiger partial charge on any atom is -0.354 e. The van der Waals surface area contributed by atoms with Crippen LogP contribution in [0, 0.1) is 18.7 Å². The summed E-state index contributed by atoms with van der Waals surface area (Å²) in [6.45, 7) is 7.93. The molecule has 9 heteroatoms. The van der Waals surface area contributed by atoms with Crippen molar-refractivity contribution in [3.8, 4) is 0 Å². The number of hydrogen-bond donors (Lipinski definition) is 1. The summed E-state index contributed by atoms with van der Waals surface area (Å²) in [6, 6.07) is 12.5. The maximum Gasteiger partial charge on any atom is 0.242 e. The van der Waals surface area contributed by atoms with Gasteiger partial charge in [-0.25, -0.2) is 12.8 Å². The van der Waals surface area contributed by atoms with E-state index in [1.165, 1.54) is 15.3 Å². The summed E-state index contributed by atoms with van der Waals surface area (Å²) >= 11 is 0. The number of hydrogen-bond acceptors (Lipinski definition) is 4. The smallest absolute Gasteiger partial charge is 0.242 e. The van der Waals surface area contributed by atoms with Gasteiger partial charge in [0.1, 0.15) is 11.9 Å². The van der Waals surface area contributed by atoms with Crippen LogP contribution >= 0.6 is 0 Å². The highest BCUT2D eigenvalue weighted by Crippen LogP contribution is 2.20. The largest absolute Gasteiger partial charge is 0.354 e. The van der Waals surface area contributed by atoms with E-state index in [4.69, 9.17) is 0 Å². The molecule has 2 rings (SSSR count). The van der Waals surface area contributed by atoms with Crippen LogP contribution in [0.1, 0.15) is 44.7 Å². The van der Waals surface area contributed by atoms with Crippen molar-refractivity contribution < 1.29 is 22.4 Å². The number of rotatable bonds is 12. The minimum absolute atomic E-state index is 0.00802. The number of aryl methyl sites for hydroxylation is 1. The van der Waals surface area contributed by atoms with Crippen molar-refractivity contribution in [2.45, 2.75) is 53.1 Å². The number of halogens is 1. The summed E-state index contributed by atoms with van der Waals surface area (Å²) in [4.78, 5) is 27.3. The van der Waals surface area contributed by atoms with Crippen molar-refractivity contribution in [1.82, 2.24) is 10.2 Å². The van der Waals surface area contributed by atoms with E-state index in [-0.39, 0.29) is 43.7 Å². The van der Waals surface area contributed by atoms with Gasteiger partial charge in [0, 0.05) is 31.6 Å². The van der Waals surface area contributed by atoms with Crippen LogP contribution in [0.2, 0.25) is 0 Å². The molecule has 7 nitrogen and oxygen atoms in total. The summed E-state index contributed by atoms with van der Waals surface area (Å²) in [5.74, 6) is -0.882. The summed E-state index contributed by atoms with van der Waals surface area (Å²) in [6.07, 6.45) is 1.38. The lowest BCUT2D eigenvalue weighted by Crippen LogP contribution is -2.48. The molecule has 0 aromatic heterocycles. The van der Waals surface area contributed by atoms with Crippen LogP contribution in [-0.4, -0.2) is 50.5 Å². The Hall–Kier alpha value is -2.94. The monoisotopic (exact) mass is 505 g/mol. The minimum atomic E-state index is -3.56. The van der Waals surface area contributed by atoms with Crippen LogP contribution in [0.3, 0.4) is 0 Å². The fourth-order valence-electron chi connectivity index (χ4n) is 3.63. The maximum absolute atomic E-state index is 14.3. The first-order valence-corrected chi connectivity index (χ1v) is 13.6. The molecule has 0 aliphatic heterocycles. The summed E-state index contributed by atoms with van der Waals surface area (Å²) in [5, 5.41) is 2.82. The number of benzene rings is 2. The lowest BCUT2D eigenvalue weighted by atomic mass is 10.1. The Morgan fingerprint density at radius 2 is 1.74 bits per heavy atom. The summed E-state index contributed by atoms with van der Waals surface area (Å²) in [7, 11) is -3.56. The van der Waals surface area contributed by atoms with E-state index in [0.717, 1.165) is 11.8 Å². The normalized spacial score (nSPS) is 12.3. The number of nitrogens with one attached hydrogen (secondary N) is 1. The zero-order valence-corrected chi connectivity index (χ0v) is 21.9. The lowest BCUT2D eigenvalue weighted by molar-refractivity contribution is -0.140. The summed E-state index contributed by atoms with van der Waals surface area (Å²) in [5.41, 5.74) is 1.76. The van der Waals surface area contributed by atoms with Gasteiger partial charge < -0.3 is 10.2 Å². The molecule has 0 spiro atoms. The van der Waals surface area contributed by atoms with Crippen molar-refractivity contribution in [3.05, 3.63) is 65.5 Å². The number of anilines is 1. The molecule has 0 radical (unpaired) electrons. The molecule has 0 saturated carbocycles. The Labute approximate surface area is 208 Å². The fraction of sp³-hybridized carbons (Fsp3) is 0.462. The molecule has 2 aromatic carbocycles. The second-order valence-corrected chi connectivity index (χ2v) is 11.1. The van der Waals surface area contributed by atoms with E-state index < -0.39 is 21.9 Å². The van der Waals surface area contributed by atoms with Crippen LogP contribution in [-0.2, 0) is 26.2 Å². The molecule has 0 aliphatic rings. The zero-order valence-electron chi connectivity index (χ0n) is 21.1. The Balaban J connectivity index is 2.17. The van der Waals surface area contributed by atoms with Crippen LogP contribution in [0.25, 0.3) is 0 Å². The van der Waals surface area contributed by atoms with Gasteiger partial charge in [0.25, 0.3) is 0 Å². The topological polar surface area (TPSA) is 86.8 Å². The Morgan fingerprint density at radius 3 is 2.34 bits per heavy atom. The average molecular weight is 506 g/mol. The second-order valence-electron chi connectivity index (χ2n) is 9.21. The van der Waals surface area contributed by atoms with Crippen molar-refractivity contribution in [1.29, 1.82) is 0 Å². The molecule has 2 aromatic rings. The molecule has 0 saturated heterocycles. The predicted molar refractivity (Wildman–Crippen MR) is 137 cm³/mol. The van der Waals surface area contributed by atoms with E-state index in [9.17, 15) is 22.4 Å². The molecule has 0 heterocycles. The van der Waals surface area contributed by atoms with Gasteiger partial charge in [-0.05, 0) is 49.9 Å². The van der Waals surface area contributed by atoms with E-state index in [1.807, 2.05) is 26.8 Å². The molecule has 2 amide bonds. The Morgan fingerprint density at radius 1 is 1.06 bits per heavy atom. The van der Waals surface area contributed by atoms with Crippen LogP contribution in [0.4, 0.5) is 10.1 Å². The Kier molecular flexibility index (Phi) is 10.2. The third kappa shape index (κ3) is 8.65. The van der Waals surface area contributed by atoms with Crippen molar-refractivity contribution in [2.75, 3.05) is 23.7 Å². The van der Waals surface area contributed by atoms with E-state index in [1.54, 1.807) is 43.3 Å². The first kappa shape index (κ1) is 28.3. The molecular formula is C26H36FN3O4S. The highest BCUT2D eigenvalue weighted by molar-refractivity contribution is 7.92. The van der Waals surface area contributed by atoms with Gasteiger partial charge >= 0.3 is 0 Å². The molecule has 1 atom stereocenters. The van der Waals surface area contributed by atoms with Gasteiger partial charge in [0.05, 0.1) is 11.9 Å². The van der Waals surface area contributed by atoms with Crippen molar-refractivity contribution >= 4 is 27.5 Å². The van der Waals surface area contributed by atoms with Gasteiger partial charge in [0.2, 0.25) is 21.8 Å². The van der Waals surface area contributed by atoms with E-state index in [0.29, 0.717) is 17.8 Å². The first-order valence-electron chi connectivity index (χ1n) is 11.7. The number of amides is 2. The number of carbonyl (C=O) groups excluding carboxylic acids is 2. The molecular weight excluding hydrogens is 469 g/mol. The number of carbonyl (C=O) groups is 2. The van der Waals surface area contributed by atoms with Gasteiger partial charge in [0.15, 0.2) is 0 Å². The summed E-state index contributed by atoms with van der Waals surface area (Å²) < 4.78 is 40.4. The lowest BCUT2D eigenvalue weighted by Gasteiger charge is -2.30. The van der Waals surface area contributed by atoms with E-state index >= 15 is 0 Å². The SMILES string of the molecule is Cc1cccc(N(CCCC(=O)N(Cc2ccccc2F)C(C)C(=O)NCC(C)C)S(C)(=O)=O)c1. The van der Waals surface area contributed by atoms with Crippen LogP contribution < -0.4 is 9.62 Å². The maximum atomic E-state index is 14.3. The van der Waals surface area contributed by atoms with Gasteiger partial charge in [-0.1, -0.05) is 44.2 Å². The Bertz CT molecular complexity index is 1120. The first-order chi connectivity index (χ1) is 16.4. The van der Waals surface area contributed by atoms with Crippen molar-refractivity contribution in [3.63, 3.8) is 0 Å². The molecule has 192 valence electrons. The highest BCUT2D eigenvalue weighted by atomic mass is 32.2. The number of sulfonamides is 1. The van der Waals surface area contributed by atoms with Crippen molar-refractivity contribution in [2.24, 2.45) is 5.92 Å². The second kappa shape index (κ2) is 12.7. The zero-order chi connectivity index (χ0) is 26.2. The molecule has 1 N–H and O–H groups in total. The van der Waals surface area contributed by atoms with Crippen LogP contribution in [0.15, 0.2) is 48.5 Å². The molecule has 0 bridgehead atoms. The van der Waals surface area contributed by atoms with Gasteiger partial charge in [-0.2, -0.15) is 0 Å². The van der Waals surface area contributed by atoms with Gasteiger partial charge in [-0.15, -0.1) is 0 Å². The number of nitrogens with zero attached hydrogens (tertiary/aromatic N) is 2. The third-order valence-electron chi connectivity index (χ3n) is 5.59. The van der Waals surface area contributed by atoms with E-state index in [2.05, 4.69) is 5.32 Å². The molecule has 0 aliphatic carbocycles. The van der Waals surface area contributed by atoms with Crippen LogP contribution in [0.5, 0.6) is 0 Å². The molecule has 0 fully saturated rings. The predicted octanol–water partition coefficient (Wildman–Crippen LogP) is 3.87. The fourth-order valence-corrected chi connectivity index (χ4v) is 4.59. The molecule has 35 heavy (non-hydrogen) atoms. The van der Waals surface area contributed by atoms with Gasteiger partial charge in [-0.3, -0.25) is 13.9 Å². The third-order valence-corrected chi connectivity index (χ3v) is 6.79.